The molecule has 0 aliphatic carbocycles. The first-order valence-corrected chi connectivity index (χ1v) is 9.37. The second kappa shape index (κ2) is 8.00. The van der Waals surface area contributed by atoms with Crippen molar-refractivity contribution in [2.45, 2.75) is 32.4 Å². The Morgan fingerprint density at radius 2 is 1.93 bits per heavy atom. The minimum Gasteiger partial charge on any atom is -0.490 e. The van der Waals surface area contributed by atoms with Crippen LogP contribution in [0.25, 0.3) is 0 Å². The van der Waals surface area contributed by atoms with E-state index in [4.69, 9.17) is 18.9 Å². The van der Waals surface area contributed by atoms with Gasteiger partial charge in [0.1, 0.15) is 25.1 Å². The lowest BCUT2D eigenvalue weighted by atomic mass is 10.1. The second-order valence-electron chi connectivity index (χ2n) is 6.88. The van der Waals surface area contributed by atoms with Gasteiger partial charge in [0.2, 0.25) is 5.88 Å². The average Bonchev–Trinajstić information content (AvgIpc) is 2.69. The fourth-order valence-electron chi connectivity index (χ4n) is 3.44. The molecule has 0 N–H and O–H groups in total. The Morgan fingerprint density at radius 3 is 2.74 bits per heavy atom. The number of likely N-dealkylation sites (tertiary alicyclic amines) is 1. The third-order valence-corrected chi connectivity index (χ3v) is 4.80. The van der Waals surface area contributed by atoms with Crippen LogP contribution in [0.2, 0.25) is 0 Å². The van der Waals surface area contributed by atoms with Crippen LogP contribution in [0, 0.1) is 6.92 Å². The Labute approximate surface area is 159 Å². The van der Waals surface area contributed by atoms with Gasteiger partial charge in [-0.15, -0.1) is 0 Å². The Hall–Kier alpha value is -2.54. The molecular formula is C20H25N3O4. The summed E-state index contributed by atoms with van der Waals surface area (Å²) in [6.45, 7) is 5.85. The highest BCUT2D eigenvalue weighted by molar-refractivity contribution is 5.36. The fraction of sp³-hybridized carbons (Fsp3) is 0.500. The van der Waals surface area contributed by atoms with E-state index in [1.165, 1.54) is 0 Å². The van der Waals surface area contributed by atoms with Gasteiger partial charge in [0.05, 0.1) is 12.8 Å². The number of aryl methyl sites for hydroxylation is 1. The second-order valence-corrected chi connectivity index (χ2v) is 6.88. The minimum absolute atomic E-state index is 0.209. The molecule has 0 spiro atoms. The standard InChI is InChI=1S/C20H25N3O4/c1-14-11-17(12-19(21-14)24-2)27-16-5-7-23(8-6-16)13-15-3-4-18-20(22-15)26-10-9-25-18/h3-4,11-12,16H,5-10,13H2,1-2H3. The van der Waals surface area contributed by atoms with Crippen molar-refractivity contribution in [3.63, 3.8) is 0 Å². The summed E-state index contributed by atoms with van der Waals surface area (Å²) in [6, 6.07) is 7.76. The molecule has 2 aromatic rings. The van der Waals surface area contributed by atoms with Gasteiger partial charge in [-0.05, 0) is 31.9 Å². The van der Waals surface area contributed by atoms with E-state index in [0.29, 0.717) is 25.0 Å². The van der Waals surface area contributed by atoms with Crippen LogP contribution < -0.4 is 18.9 Å². The first kappa shape index (κ1) is 17.9. The topological polar surface area (TPSA) is 65.9 Å². The van der Waals surface area contributed by atoms with E-state index >= 15 is 0 Å². The van der Waals surface area contributed by atoms with Crippen LogP contribution in [0.15, 0.2) is 24.3 Å². The van der Waals surface area contributed by atoms with Gasteiger partial charge in [-0.1, -0.05) is 0 Å². The zero-order valence-electron chi connectivity index (χ0n) is 15.8. The van der Waals surface area contributed by atoms with Crippen molar-refractivity contribution in [2.75, 3.05) is 33.4 Å². The van der Waals surface area contributed by atoms with Crippen LogP contribution in [0.5, 0.6) is 23.3 Å². The van der Waals surface area contributed by atoms with E-state index < -0.39 is 0 Å². The largest absolute Gasteiger partial charge is 0.490 e. The van der Waals surface area contributed by atoms with E-state index in [1.54, 1.807) is 7.11 Å². The summed E-state index contributed by atoms with van der Waals surface area (Å²) in [4.78, 5) is 11.3. The summed E-state index contributed by atoms with van der Waals surface area (Å²) in [6.07, 6.45) is 2.17. The van der Waals surface area contributed by atoms with Crippen molar-refractivity contribution in [1.82, 2.24) is 14.9 Å². The van der Waals surface area contributed by atoms with Crippen LogP contribution in [0.1, 0.15) is 24.2 Å². The quantitative estimate of drug-likeness (QED) is 0.800. The lowest BCUT2D eigenvalue weighted by Gasteiger charge is -2.32. The van der Waals surface area contributed by atoms with E-state index in [9.17, 15) is 0 Å². The molecule has 7 heteroatoms. The Bertz CT molecular complexity index is 791. The van der Waals surface area contributed by atoms with Crippen LogP contribution in [0.3, 0.4) is 0 Å². The maximum Gasteiger partial charge on any atom is 0.257 e. The van der Waals surface area contributed by atoms with Crippen molar-refractivity contribution >= 4 is 0 Å². The van der Waals surface area contributed by atoms with Gasteiger partial charge in [0.15, 0.2) is 5.75 Å². The third kappa shape index (κ3) is 4.42. The highest BCUT2D eigenvalue weighted by atomic mass is 16.6. The van der Waals surface area contributed by atoms with Crippen LogP contribution >= 0.6 is 0 Å². The molecule has 144 valence electrons. The number of fused-ring (bicyclic) bond motifs is 1. The number of hydrogen-bond donors (Lipinski definition) is 0. The highest BCUT2D eigenvalue weighted by Crippen LogP contribution is 2.28. The third-order valence-electron chi connectivity index (χ3n) is 4.80. The van der Waals surface area contributed by atoms with Crippen molar-refractivity contribution in [1.29, 1.82) is 0 Å². The first-order valence-electron chi connectivity index (χ1n) is 9.37. The molecule has 1 saturated heterocycles. The summed E-state index contributed by atoms with van der Waals surface area (Å²) in [5.41, 5.74) is 1.90. The molecular weight excluding hydrogens is 346 g/mol. The molecule has 0 radical (unpaired) electrons. The van der Waals surface area contributed by atoms with Crippen molar-refractivity contribution in [3.05, 3.63) is 35.7 Å². The number of rotatable bonds is 5. The number of pyridine rings is 2. The minimum atomic E-state index is 0.209. The summed E-state index contributed by atoms with van der Waals surface area (Å²) >= 11 is 0. The Kier molecular flexibility index (Phi) is 5.29. The molecule has 1 fully saturated rings. The zero-order chi connectivity index (χ0) is 18.6. The molecule has 27 heavy (non-hydrogen) atoms. The number of piperidine rings is 1. The zero-order valence-corrected chi connectivity index (χ0v) is 15.8. The lowest BCUT2D eigenvalue weighted by Crippen LogP contribution is -2.38. The molecule has 4 heterocycles. The predicted molar refractivity (Wildman–Crippen MR) is 99.7 cm³/mol. The van der Waals surface area contributed by atoms with Crippen molar-refractivity contribution < 1.29 is 18.9 Å². The number of methoxy groups -OCH3 is 1. The van der Waals surface area contributed by atoms with E-state index in [0.717, 1.165) is 55.4 Å². The average molecular weight is 371 g/mol. The molecule has 4 rings (SSSR count). The molecule has 0 atom stereocenters. The molecule has 0 bridgehead atoms. The van der Waals surface area contributed by atoms with Gasteiger partial charge in [-0.2, -0.15) is 0 Å². The van der Waals surface area contributed by atoms with Gasteiger partial charge in [-0.3, -0.25) is 4.90 Å². The van der Waals surface area contributed by atoms with Crippen molar-refractivity contribution in [3.8, 4) is 23.3 Å². The monoisotopic (exact) mass is 371 g/mol. The van der Waals surface area contributed by atoms with Gasteiger partial charge in [0.25, 0.3) is 5.88 Å². The molecule has 2 aromatic heterocycles. The first-order chi connectivity index (χ1) is 13.2. The van der Waals surface area contributed by atoms with Crippen LogP contribution in [-0.2, 0) is 6.54 Å². The normalized spacial score (nSPS) is 17.6. The van der Waals surface area contributed by atoms with Gasteiger partial charge in [0, 0.05) is 37.5 Å². The maximum atomic E-state index is 6.15. The molecule has 0 aromatic carbocycles. The molecule has 0 saturated carbocycles. The molecule has 0 amide bonds. The van der Waals surface area contributed by atoms with Crippen molar-refractivity contribution in [2.24, 2.45) is 0 Å². The fourth-order valence-corrected chi connectivity index (χ4v) is 3.44. The summed E-state index contributed by atoms with van der Waals surface area (Å²) in [5.74, 6) is 2.76. The number of aromatic nitrogens is 2. The van der Waals surface area contributed by atoms with E-state index in [2.05, 4.69) is 14.9 Å². The lowest BCUT2D eigenvalue weighted by molar-refractivity contribution is 0.0953. The van der Waals surface area contributed by atoms with Gasteiger partial charge >= 0.3 is 0 Å². The van der Waals surface area contributed by atoms with Gasteiger partial charge in [-0.25, -0.2) is 9.97 Å². The summed E-state index contributed by atoms with van der Waals surface area (Å²) in [7, 11) is 1.62. The molecule has 0 unspecified atom stereocenters. The molecule has 7 nitrogen and oxygen atoms in total. The molecule has 2 aliphatic heterocycles. The smallest absolute Gasteiger partial charge is 0.257 e. The summed E-state index contributed by atoms with van der Waals surface area (Å²) < 4.78 is 22.5. The van der Waals surface area contributed by atoms with E-state index in [1.807, 2.05) is 31.2 Å². The summed E-state index contributed by atoms with van der Waals surface area (Å²) in [5, 5.41) is 0. The SMILES string of the molecule is COc1cc(OC2CCN(Cc3ccc4c(n3)OCCO4)CC2)cc(C)n1. The Balaban J connectivity index is 1.31. The highest BCUT2D eigenvalue weighted by Gasteiger charge is 2.22. The molecule has 2 aliphatic rings. The van der Waals surface area contributed by atoms with Crippen LogP contribution in [0.4, 0.5) is 0 Å². The number of hydrogen-bond acceptors (Lipinski definition) is 7. The number of nitrogens with zero attached hydrogens (tertiary/aromatic N) is 3. The van der Waals surface area contributed by atoms with Gasteiger partial charge < -0.3 is 18.9 Å². The van der Waals surface area contributed by atoms with Crippen LogP contribution in [-0.4, -0.2) is 54.4 Å². The Morgan fingerprint density at radius 1 is 1.11 bits per heavy atom. The predicted octanol–water partition coefficient (Wildman–Crippen LogP) is 2.61. The maximum absolute atomic E-state index is 6.15. The van der Waals surface area contributed by atoms with E-state index in [-0.39, 0.29) is 6.10 Å². The number of ether oxygens (including phenoxy) is 4.